The molecule has 0 aliphatic carbocycles. The van der Waals surface area contributed by atoms with Crippen molar-refractivity contribution in [1.82, 2.24) is 4.90 Å². The quantitative estimate of drug-likeness (QED) is 0.852. The van der Waals surface area contributed by atoms with E-state index in [0.29, 0.717) is 25.3 Å². The van der Waals surface area contributed by atoms with Gasteiger partial charge in [-0.1, -0.05) is 0 Å². The standard InChI is InChI=1S/C17H19NO5/c19-13-1-2-14-12(9-16(20)23-15(14)10-13)11-18-5-3-17(4-6-18)21-7-8-22-17/h1-2,9-10,19H,3-8,11H2. The monoisotopic (exact) mass is 317 g/mol. The second-order valence-corrected chi connectivity index (χ2v) is 6.15. The fraction of sp³-hybridized carbons (Fsp3) is 0.471. The van der Waals surface area contributed by atoms with E-state index in [0.717, 1.165) is 36.9 Å². The van der Waals surface area contributed by atoms with Gasteiger partial charge < -0.3 is 19.0 Å². The van der Waals surface area contributed by atoms with Crippen LogP contribution in [0.25, 0.3) is 11.0 Å². The van der Waals surface area contributed by atoms with E-state index >= 15 is 0 Å². The molecular formula is C17H19NO5. The molecule has 122 valence electrons. The van der Waals surface area contributed by atoms with Gasteiger partial charge in [-0.2, -0.15) is 0 Å². The first-order valence-electron chi connectivity index (χ1n) is 7.90. The fourth-order valence-electron chi connectivity index (χ4n) is 3.43. The van der Waals surface area contributed by atoms with Crippen LogP contribution in [0.4, 0.5) is 0 Å². The minimum atomic E-state index is -0.394. The van der Waals surface area contributed by atoms with Crippen molar-refractivity contribution in [2.75, 3.05) is 26.3 Å². The molecule has 0 amide bonds. The molecule has 2 aromatic rings. The summed E-state index contributed by atoms with van der Waals surface area (Å²) in [6.45, 7) is 3.74. The Morgan fingerprint density at radius 1 is 1.13 bits per heavy atom. The number of rotatable bonds is 2. The van der Waals surface area contributed by atoms with Gasteiger partial charge in [0.25, 0.3) is 0 Å². The minimum Gasteiger partial charge on any atom is -0.508 e. The molecule has 0 bridgehead atoms. The van der Waals surface area contributed by atoms with Crippen molar-refractivity contribution in [3.05, 3.63) is 40.2 Å². The molecule has 1 N–H and O–H groups in total. The van der Waals surface area contributed by atoms with Crippen LogP contribution < -0.4 is 5.63 Å². The van der Waals surface area contributed by atoms with Gasteiger partial charge in [-0.25, -0.2) is 4.79 Å². The molecule has 0 atom stereocenters. The Hall–Kier alpha value is -1.89. The molecule has 1 spiro atoms. The van der Waals surface area contributed by atoms with Crippen LogP contribution >= 0.6 is 0 Å². The lowest BCUT2D eigenvalue weighted by Crippen LogP contribution is -2.44. The van der Waals surface area contributed by atoms with Crippen molar-refractivity contribution < 1.29 is 19.0 Å². The molecule has 2 fully saturated rings. The third-order valence-electron chi connectivity index (χ3n) is 4.64. The first-order chi connectivity index (χ1) is 11.1. The number of aromatic hydroxyl groups is 1. The maximum Gasteiger partial charge on any atom is 0.336 e. The second-order valence-electron chi connectivity index (χ2n) is 6.15. The van der Waals surface area contributed by atoms with Gasteiger partial charge in [0.15, 0.2) is 5.79 Å². The Balaban J connectivity index is 1.55. The number of ether oxygens (including phenoxy) is 2. The second kappa shape index (κ2) is 5.63. The van der Waals surface area contributed by atoms with Crippen molar-refractivity contribution in [1.29, 1.82) is 0 Å². The lowest BCUT2D eigenvalue weighted by molar-refractivity contribution is -0.185. The molecule has 1 aromatic carbocycles. The lowest BCUT2D eigenvalue weighted by Gasteiger charge is -2.37. The number of benzene rings is 1. The average Bonchev–Trinajstić information content (AvgIpc) is 2.97. The molecule has 0 unspecified atom stereocenters. The van der Waals surface area contributed by atoms with Crippen LogP contribution in [0.2, 0.25) is 0 Å². The van der Waals surface area contributed by atoms with E-state index in [2.05, 4.69) is 4.90 Å². The molecule has 0 saturated carbocycles. The molecule has 2 aliphatic rings. The highest BCUT2D eigenvalue weighted by molar-refractivity contribution is 5.81. The average molecular weight is 317 g/mol. The summed E-state index contributed by atoms with van der Waals surface area (Å²) in [7, 11) is 0. The Labute approximate surface area is 133 Å². The summed E-state index contributed by atoms with van der Waals surface area (Å²) in [5.41, 5.74) is 0.943. The van der Waals surface area contributed by atoms with E-state index in [1.165, 1.54) is 12.1 Å². The largest absolute Gasteiger partial charge is 0.508 e. The van der Waals surface area contributed by atoms with E-state index < -0.39 is 5.63 Å². The fourth-order valence-corrected chi connectivity index (χ4v) is 3.43. The van der Waals surface area contributed by atoms with E-state index in [-0.39, 0.29) is 11.5 Å². The van der Waals surface area contributed by atoms with Crippen LogP contribution in [0.15, 0.2) is 33.5 Å². The number of nitrogens with zero attached hydrogens (tertiary/aromatic N) is 1. The third-order valence-corrected chi connectivity index (χ3v) is 4.64. The van der Waals surface area contributed by atoms with Gasteiger partial charge >= 0.3 is 5.63 Å². The highest BCUT2D eigenvalue weighted by atomic mass is 16.7. The van der Waals surface area contributed by atoms with Crippen molar-refractivity contribution in [2.45, 2.75) is 25.2 Å². The van der Waals surface area contributed by atoms with Crippen LogP contribution in [-0.2, 0) is 16.0 Å². The smallest absolute Gasteiger partial charge is 0.336 e. The summed E-state index contributed by atoms with van der Waals surface area (Å²) >= 11 is 0. The lowest BCUT2D eigenvalue weighted by atomic mass is 10.0. The maximum atomic E-state index is 11.8. The number of phenols is 1. The summed E-state index contributed by atoms with van der Waals surface area (Å²) < 4.78 is 16.7. The van der Waals surface area contributed by atoms with Crippen LogP contribution in [0.3, 0.4) is 0 Å². The molecule has 23 heavy (non-hydrogen) atoms. The predicted molar refractivity (Wildman–Crippen MR) is 83.3 cm³/mol. The topological polar surface area (TPSA) is 72.1 Å². The van der Waals surface area contributed by atoms with Gasteiger partial charge in [0.05, 0.1) is 13.2 Å². The van der Waals surface area contributed by atoms with Crippen molar-refractivity contribution >= 4 is 11.0 Å². The third kappa shape index (κ3) is 2.85. The zero-order valence-corrected chi connectivity index (χ0v) is 12.8. The van der Waals surface area contributed by atoms with Crippen LogP contribution in [0.1, 0.15) is 18.4 Å². The molecule has 1 aromatic heterocycles. The van der Waals surface area contributed by atoms with Crippen LogP contribution in [0.5, 0.6) is 5.75 Å². The molecule has 2 aliphatic heterocycles. The minimum absolute atomic E-state index is 0.0910. The van der Waals surface area contributed by atoms with Gasteiger partial charge in [0.1, 0.15) is 11.3 Å². The molecule has 3 heterocycles. The zero-order valence-electron chi connectivity index (χ0n) is 12.8. The van der Waals surface area contributed by atoms with Gasteiger partial charge in [0.2, 0.25) is 0 Å². The molecule has 0 radical (unpaired) electrons. The summed E-state index contributed by atoms with van der Waals surface area (Å²) in [5.74, 6) is -0.298. The highest BCUT2D eigenvalue weighted by Gasteiger charge is 2.39. The molecule has 6 nitrogen and oxygen atoms in total. The van der Waals surface area contributed by atoms with E-state index in [1.54, 1.807) is 12.1 Å². The highest BCUT2D eigenvalue weighted by Crippen LogP contribution is 2.32. The molecule has 4 rings (SSSR count). The number of fused-ring (bicyclic) bond motifs is 1. The number of likely N-dealkylation sites (tertiary alicyclic amines) is 1. The maximum absolute atomic E-state index is 11.8. The van der Waals surface area contributed by atoms with Crippen LogP contribution in [-0.4, -0.2) is 42.1 Å². The normalized spacial score (nSPS) is 21.2. The number of hydrogen-bond donors (Lipinski definition) is 1. The van der Waals surface area contributed by atoms with Crippen molar-refractivity contribution in [3.63, 3.8) is 0 Å². The zero-order chi connectivity index (χ0) is 15.9. The first kappa shape index (κ1) is 14.7. The number of phenolic OH excluding ortho intramolecular Hbond substituents is 1. The Morgan fingerprint density at radius 2 is 1.87 bits per heavy atom. The number of hydrogen-bond acceptors (Lipinski definition) is 6. The summed E-state index contributed by atoms with van der Waals surface area (Å²) in [5, 5.41) is 10.4. The molecule has 6 heteroatoms. The Kier molecular flexibility index (Phi) is 3.60. The van der Waals surface area contributed by atoms with Gasteiger partial charge in [0, 0.05) is 50.0 Å². The summed E-state index contributed by atoms with van der Waals surface area (Å²) in [6.07, 6.45) is 1.68. The van der Waals surface area contributed by atoms with E-state index in [4.69, 9.17) is 13.9 Å². The van der Waals surface area contributed by atoms with Crippen molar-refractivity contribution in [3.8, 4) is 5.75 Å². The van der Waals surface area contributed by atoms with E-state index in [1.807, 2.05) is 0 Å². The Bertz CT molecular complexity index is 768. The summed E-state index contributed by atoms with van der Waals surface area (Å²) in [6, 6.07) is 6.41. The first-order valence-corrected chi connectivity index (χ1v) is 7.90. The predicted octanol–water partition coefficient (Wildman–Crippen LogP) is 1.84. The van der Waals surface area contributed by atoms with Crippen molar-refractivity contribution in [2.24, 2.45) is 0 Å². The van der Waals surface area contributed by atoms with Crippen LogP contribution in [0, 0.1) is 0 Å². The van der Waals surface area contributed by atoms with E-state index in [9.17, 15) is 9.90 Å². The summed E-state index contributed by atoms with van der Waals surface area (Å²) in [4.78, 5) is 14.0. The van der Waals surface area contributed by atoms with Gasteiger partial charge in [-0.15, -0.1) is 0 Å². The molecule has 2 saturated heterocycles. The Morgan fingerprint density at radius 3 is 2.61 bits per heavy atom. The molecular weight excluding hydrogens is 298 g/mol. The SMILES string of the molecule is O=c1cc(CN2CCC3(CC2)OCCO3)c2ccc(O)cc2o1. The van der Waals surface area contributed by atoms with Gasteiger partial charge in [-0.05, 0) is 17.7 Å². The van der Waals surface area contributed by atoms with Gasteiger partial charge in [-0.3, -0.25) is 4.90 Å². The number of piperidine rings is 1.